The van der Waals surface area contributed by atoms with Crippen molar-refractivity contribution in [3.05, 3.63) is 70.6 Å². The van der Waals surface area contributed by atoms with E-state index in [4.69, 9.17) is 17.0 Å². The SMILES string of the molecule is CCOc1ccc(/C=C2\SC(=S)N(CC(=O)N3CCC(Cc4ccccc4)CC3)C2=O)cc1. The fraction of sp³-hybridized carbons (Fsp3) is 0.346. The molecule has 4 rings (SSSR count). The summed E-state index contributed by atoms with van der Waals surface area (Å²) in [6, 6.07) is 18.1. The lowest BCUT2D eigenvalue weighted by Crippen LogP contribution is -2.45. The Morgan fingerprint density at radius 3 is 2.48 bits per heavy atom. The van der Waals surface area contributed by atoms with Gasteiger partial charge in [0.2, 0.25) is 5.91 Å². The second-order valence-corrected chi connectivity index (χ2v) is 9.96. The minimum Gasteiger partial charge on any atom is -0.494 e. The number of hydrogen-bond donors (Lipinski definition) is 0. The second kappa shape index (κ2) is 11.0. The van der Waals surface area contributed by atoms with Crippen molar-refractivity contribution in [1.29, 1.82) is 0 Å². The first-order valence-corrected chi connectivity index (χ1v) is 12.6. The minimum atomic E-state index is -0.203. The molecule has 5 nitrogen and oxygen atoms in total. The maximum Gasteiger partial charge on any atom is 0.266 e. The quantitative estimate of drug-likeness (QED) is 0.422. The third-order valence-corrected chi connectivity index (χ3v) is 7.37. The van der Waals surface area contributed by atoms with Crippen molar-refractivity contribution in [2.45, 2.75) is 26.2 Å². The number of thioether (sulfide) groups is 1. The van der Waals surface area contributed by atoms with Crippen LogP contribution in [0.15, 0.2) is 59.5 Å². The monoisotopic (exact) mass is 480 g/mol. The van der Waals surface area contributed by atoms with E-state index < -0.39 is 0 Å². The largest absolute Gasteiger partial charge is 0.494 e. The van der Waals surface area contributed by atoms with Crippen molar-refractivity contribution in [1.82, 2.24) is 9.80 Å². The molecule has 2 heterocycles. The highest BCUT2D eigenvalue weighted by Crippen LogP contribution is 2.33. The number of thiocarbonyl (C=S) groups is 1. The summed E-state index contributed by atoms with van der Waals surface area (Å²) >= 11 is 6.66. The Balaban J connectivity index is 1.31. The van der Waals surface area contributed by atoms with Gasteiger partial charge in [0.05, 0.1) is 11.5 Å². The maximum absolute atomic E-state index is 12.9. The third kappa shape index (κ3) is 6.03. The predicted octanol–water partition coefficient (Wildman–Crippen LogP) is 4.77. The van der Waals surface area contributed by atoms with Crippen LogP contribution < -0.4 is 4.74 Å². The average Bonchev–Trinajstić information content (AvgIpc) is 3.09. The van der Waals surface area contributed by atoms with Gasteiger partial charge in [-0.25, -0.2) is 0 Å². The van der Waals surface area contributed by atoms with Crippen LogP contribution in [0, 0.1) is 5.92 Å². The summed E-state index contributed by atoms with van der Waals surface area (Å²) in [7, 11) is 0. The van der Waals surface area contributed by atoms with Crippen LogP contribution in [0.2, 0.25) is 0 Å². The van der Waals surface area contributed by atoms with Gasteiger partial charge >= 0.3 is 0 Å². The standard InChI is InChI=1S/C26H28N2O3S2/c1-2-31-22-10-8-20(9-11-22)17-23-25(30)28(26(32)33-23)18-24(29)27-14-12-21(13-15-27)16-19-6-4-3-5-7-19/h3-11,17,21H,2,12-16,18H2,1H3/b23-17-. The van der Waals surface area contributed by atoms with Crippen molar-refractivity contribution in [3.8, 4) is 5.75 Å². The lowest BCUT2D eigenvalue weighted by molar-refractivity contribution is -0.136. The minimum absolute atomic E-state index is 0.00857. The predicted molar refractivity (Wildman–Crippen MR) is 137 cm³/mol. The zero-order valence-corrected chi connectivity index (χ0v) is 20.4. The van der Waals surface area contributed by atoms with Crippen LogP contribution in [-0.4, -0.2) is 52.2 Å². The number of nitrogens with zero attached hydrogens (tertiary/aromatic N) is 2. The molecule has 2 aliphatic rings. The number of likely N-dealkylation sites (tertiary alicyclic amines) is 1. The smallest absolute Gasteiger partial charge is 0.266 e. The molecule has 2 aromatic carbocycles. The number of ether oxygens (including phenoxy) is 1. The van der Waals surface area contributed by atoms with Crippen LogP contribution in [0.4, 0.5) is 0 Å². The van der Waals surface area contributed by atoms with Crippen molar-refractivity contribution in [2.75, 3.05) is 26.2 Å². The molecule has 0 unspecified atom stereocenters. The molecule has 0 aromatic heterocycles. The number of hydrogen-bond acceptors (Lipinski definition) is 5. The fourth-order valence-corrected chi connectivity index (χ4v) is 5.44. The zero-order valence-electron chi connectivity index (χ0n) is 18.7. The van der Waals surface area contributed by atoms with E-state index >= 15 is 0 Å². The summed E-state index contributed by atoms with van der Waals surface area (Å²) in [5.74, 6) is 1.14. The fourth-order valence-electron chi connectivity index (χ4n) is 4.18. The van der Waals surface area contributed by atoms with Crippen molar-refractivity contribution < 1.29 is 14.3 Å². The molecule has 0 N–H and O–H groups in total. The van der Waals surface area contributed by atoms with E-state index in [1.54, 1.807) is 0 Å². The molecule has 0 atom stereocenters. The normalized spacial score (nSPS) is 18.3. The van der Waals surface area contributed by atoms with Gasteiger partial charge in [-0.2, -0.15) is 0 Å². The lowest BCUT2D eigenvalue weighted by Gasteiger charge is -2.33. The van der Waals surface area contributed by atoms with Crippen molar-refractivity contribution in [2.24, 2.45) is 5.92 Å². The average molecular weight is 481 g/mol. The van der Waals surface area contributed by atoms with Crippen LogP contribution in [0.1, 0.15) is 30.9 Å². The summed E-state index contributed by atoms with van der Waals surface area (Å²) in [6.45, 7) is 4.01. The number of amides is 2. The highest BCUT2D eigenvalue weighted by molar-refractivity contribution is 8.26. The van der Waals surface area contributed by atoms with Gasteiger partial charge in [-0.1, -0.05) is 66.4 Å². The molecule has 0 bridgehead atoms. The molecule has 33 heavy (non-hydrogen) atoms. The summed E-state index contributed by atoms with van der Waals surface area (Å²) in [6.07, 6.45) is 4.83. The Labute approximate surface area is 204 Å². The van der Waals surface area contributed by atoms with Gasteiger partial charge in [0, 0.05) is 13.1 Å². The Morgan fingerprint density at radius 2 is 1.82 bits per heavy atom. The summed E-state index contributed by atoms with van der Waals surface area (Å²) < 4.78 is 5.89. The Kier molecular flexibility index (Phi) is 7.83. The highest BCUT2D eigenvalue weighted by Gasteiger charge is 2.35. The molecule has 0 radical (unpaired) electrons. The molecule has 0 aliphatic carbocycles. The first-order valence-electron chi connectivity index (χ1n) is 11.3. The molecular formula is C26H28N2O3S2. The van der Waals surface area contributed by atoms with E-state index in [0.29, 0.717) is 21.8 Å². The molecule has 2 aromatic rings. The summed E-state index contributed by atoms with van der Waals surface area (Å²) in [4.78, 5) is 29.7. The summed E-state index contributed by atoms with van der Waals surface area (Å²) in [5, 5.41) is 0. The molecule has 2 fully saturated rings. The first kappa shape index (κ1) is 23.5. The molecule has 2 aliphatic heterocycles. The Bertz CT molecular complexity index is 1030. The number of benzene rings is 2. The van der Waals surface area contributed by atoms with E-state index in [1.165, 1.54) is 22.2 Å². The van der Waals surface area contributed by atoms with Crippen molar-refractivity contribution in [3.63, 3.8) is 0 Å². The zero-order chi connectivity index (χ0) is 23.2. The van der Waals surface area contributed by atoms with Crippen LogP contribution >= 0.6 is 24.0 Å². The number of carbonyl (C=O) groups is 2. The molecule has 0 spiro atoms. The molecule has 2 amide bonds. The highest BCUT2D eigenvalue weighted by atomic mass is 32.2. The molecule has 0 saturated carbocycles. The van der Waals surface area contributed by atoms with E-state index in [-0.39, 0.29) is 18.4 Å². The molecule has 172 valence electrons. The molecule has 2 saturated heterocycles. The van der Waals surface area contributed by atoms with Crippen LogP contribution in [0.5, 0.6) is 5.75 Å². The van der Waals surface area contributed by atoms with Crippen LogP contribution in [-0.2, 0) is 16.0 Å². The first-order chi connectivity index (χ1) is 16.0. The topological polar surface area (TPSA) is 49.9 Å². The van der Waals surface area contributed by atoms with Gasteiger partial charge in [0.1, 0.15) is 16.6 Å². The molecular weight excluding hydrogens is 452 g/mol. The number of carbonyl (C=O) groups excluding carboxylic acids is 2. The maximum atomic E-state index is 12.9. The van der Waals surface area contributed by atoms with E-state index in [9.17, 15) is 9.59 Å². The number of rotatable bonds is 7. The molecule has 7 heteroatoms. The van der Waals surface area contributed by atoms with Crippen LogP contribution in [0.3, 0.4) is 0 Å². The van der Waals surface area contributed by atoms with Gasteiger partial charge in [-0.3, -0.25) is 14.5 Å². The van der Waals surface area contributed by atoms with E-state index in [0.717, 1.165) is 43.7 Å². The number of piperidine rings is 1. The van der Waals surface area contributed by atoms with Crippen LogP contribution in [0.25, 0.3) is 6.08 Å². The van der Waals surface area contributed by atoms with Gasteiger partial charge in [0.25, 0.3) is 5.91 Å². The van der Waals surface area contributed by atoms with Gasteiger partial charge in [-0.05, 0) is 61.4 Å². The Morgan fingerprint density at radius 1 is 1.12 bits per heavy atom. The lowest BCUT2D eigenvalue weighted by atomic mass is 9.90. The van der Waals surface area contributed by atoms with Gasteiger partial charge in [-0.15, -0.1) is 0 Å². The van der Waals surface area contributed by atoms with Crippen molar-refractivity contribution >= 4 is 46.2 Å². The Hall–Kier alpha value is -2.64. The van der Waals surface area contributed by atoms with Gasteiger partial charge < -0.3 is 9.64 Å². The third-order valence-electron chi connectivity index (χ3n) is 5.99. The van der Waals surface area contributed by atoms with E-state index in [2.05, 4.69) is 24.3 Å². The van der Waals surface area contributed by atoms with Gasteiger partial charge in [0.15, 0.2) is 0 Å². The van der Waals surface area contributed by atoms with E-state index in [1.807, 2.05) is 48.2 Å². The second-order valence-electron chi connectivity index (χ2n) is 8.28. The summed E-state index contributed by atoms with van der Waals surface area (Å²) in [5.41, 5.74) is 2.24.